The van der Waals surface area contributed by atoms with Gasteiger partial charge in [0.2, 0.25) is 5.91 Å². The maximum atomic E-state index is 12.6. The zero-order valence-corrected chi connectivity index (χ0v) is 20.3. The van der Waals surface area contributed by atoms with E-state index in [2.05, 4.69) is 40.4 Å². The Bertz CT molecular complexity index is 1360. The lowest BCUT2D eigenvalue weighted by atomic mass is 9.89. The van der Waals surface area contributed by atoms with Gasteiger partial charge in [-0.2, -0.15) is 0 Å². The number of hydrogen-bond acceptors (Lipinski definition) is 6. The topological polar surface area (TPSA) is 75.1 Å². The van der Waals surface area contributed by atoms with Crippen molar-refractivity contribution in [1.82, 2.24) is 9.97 Å². The van der Waals surface area contributed by atoms with E-state index >= 15 is 0 Å². The number of rotatable bonds is 5. The maximum absolute atomic E-state index is 12.6. The Balaban J connectivity index is 1.44. The standard InChI is InChI=1S/C26H25N3O2S2/c1-15-7-10-21(30)20(11-15)29-22(31)13-32-25-24-23(16(2)33-26(24)28-14-27-25)19-9-8-17-5-3-4-6-18(17)12-19/h7-12,14,30H,3-6,13H2,1-2H3,(H,29,31). The molecule has 0 atom stereocenters. The van der Waals surface area contributed by atoms with E-state index < -0.39 is 0 Å². The Hall–Kier alpha value is -2.90. The van der Waals surface area contributed by atoms with Gasteiger partial charge in [0.05, 0.1) is 16.8 Å². The van der Waals surface area contributed by atoms with Crippen LogP contribution in [-0.2, 0) is 17.6 Å². The van der Waals surface area contributed by atoms with Crippen LogP contribution in [0.2, 0.25) is 0 Å². The molecule has 4 aromatic rings. The fourth-order valence-electron chi connectivity index (χ4n) is 4.43. The molecule has 0 fully saturated rings. The quantitative estimate of drug-likeness (QED) is 0.202. The number of hydrogen-bond donors (Lipinski definition) is 2. The number of aromatic hydroxyl groups is 1. The van der Waals surface area contributed by atoms with Gasteiger partial charge in [-0.15, -0.1) is 11.3 Å². The number of nitrogens with one attached hydrogen (secondary N) is 1. The molecule has 2 aromatic carbocycles. The molecule has 0 aliphatic heterocycles. The van der Waals surface area contributed by atoms with Gasteiger partial charge in [0, 0.05) is 10.4 Å². The lowest BCUT2D eigenvalue weighted by molar-refractivity contribution is -0.113. The lowest BCUT2D eigenvalue weighted by Crippen LogP contribution is -2.14. The largest absolute Gasteiger partial charge is 0.506 e. The first-order valence-electron chi connectivity index (χ1n) is 11.1. The van der Waals surface area contributed by atoms with Crippen molar-refractivity contribution in [1.29, 1.82) is 0 Å². The van der Waals surface area contributed by atoms with Crippen molar-refractivity contribution in [2.24, 2.45) is 0 Å². The molecule has 7 heteroatoms. The average Bonchev–Trinajstić information content (AvgIpc) is 3.16. The number of phenols is 1. The van der Waals surface area contributed by atoms with Crippen molar-refractivity contribution in [2.45, 2.75) is 44.6 Å². The minimum atomic E-state index is -0.185. The molecule has 0 saturated heterocycles. The third-order valence-electron chi connectivity index (χ3n) is 6.03. The smallest absolute Gasteiger partial charge is 0.234 e. The van der Waals surface area contributed by atoms with Crippen LogP contribution >= 0.6 is 23.1 Å². The van der Waals surface area contributed by atoms with E-state index in [0.717, 1.165) is 33.6 Å². The predicted molar refractivity (Wildman–Crippen MR) is 136 cm³/mol. The number of nitrogens with zero attached hydrogens (tertiary/aromatic N) is 2. The highest BCUT2D eigenvalue weighted by Crippen LogP contribution is 2.42. The molecule has 0 radical (unpaired) electrons. The molecule has 0 spiro atoms. The SMILES string of the molecule is Cc1ccc(O)c(NC(=O)CSc2ncnc3sc(C)c(-c4ccc5c(c4)CCCC5)c23)c1. The van der Waals surface area contributed by atoms with E-state index in [9.17, 15) is 9.90 Å². The van der Waals surface area contributed by atoms with Gasteiger partial charge in [-0.3, -0.25) is 4.79 Å². The minimum absolute atomic E-state index is 0.0616. The Morgan fingerprint density at radius 1 is 1.09 bits per heavy atom. The van der Waals surface area contributed by atoms with Crippen molar-refractivity contribution in [3.05, 3.63) is 64.3 Å². The lowest BCUT2D eigenvalue weighted by Gasteiger charge is -2.17. The van der Waals surface area contributed by atoms with Crippen molar-refractivity contribution in [3.63, 3.8) is 0 Å². The number of aryl methyl sites for hydroxylation is 4. The number of carbonyl (C=O) groups excluding carboxylic acids is 1. The van der Waals surface area contributed by atoms with Crippen LogP contribution in [0.3, 0.4) is 0 Å². The van der Waals surface area contributed by atoms with Crippen LogP contribution in [0.15, 0.2) is 47.8 Å². The molecule has 2 heterocycles. The number of thiophene rings is 1. The van der Waals surface area contributed by atoms with E-state index in [1.54, 1.807) is 35.9 Å². The van der Waals surface area contributed by atoms with Crippen molar-refractivity contribution < 1.29 is 9.90 Å². The molecule has 0 bridgehead atoms. The first kappa shape index (κ1) is 21.9. The molecule has 5 nitrogen and oxygen atoms in total. The van der Waals surface area contributed by atoms with E-state index in [1.165, 1.54) is 51.7 Å². The number of phenolic OH excluding ortho intramolecular Hbond substituents is 1. The fourth-order valence-corrected chi connectivity index (χ4v) is 6.32. The van der Waals surface area contributed by atoms with Crippen LogP contribution in [0.4, 0.5) is 5.69 Å². The summed E-state index contributed by atoms with van der Waals surface area (Å²) in [5.41, 5.74) is 6.67. The van der Waals surface area contributed by atoms with E-state index in [0.29, 0.717) is 5.69 Å². The molecule has 33 heavy (non-hydrogen) atoms. The first-order chi connectivity index (χ1) is 16.0. The van der Waals surface area contributed by atoms with Gasteiger partial charge in [0.1, 0.15) is 21.9 Å². The second-order valence-electron chi connectivity index (χ2n) is 8.44. The third-order valence-corrected chi connectivity index (χ3v) is 8.04. The molecule has 1 aliphatic carbocycles. The van der Waals surface area contributed by atoms with Crippen molar-refractivity contribution >= 4 is 44.9 Å². The Labute approximate surface area is 201 Å². The van der Waals surface area contributed by atoms with Gasteiger partial charge in [0.25, 0.3) is 0 Å². The van der Waals surface area contributed by atoms with Crippen LogP contribution in [0.5, 0.6) is 5.75 Å². The maximum Gasteiger partial charge on any atom is 0.234 e. The van der Waals surface area contributed by atoms with Crippen LogP contribution in [0, 0.1) is 13.8 Å². The summed E-state index contributed by atoms with van der Waals surface area (Å²) in [5, 5.41) is 14.7. The highest BCUT2D eigenvalue weighted by atomic mass is 32.2. The summed E-state index contributed by atoms with van der Waals surface area (Å²) in [6, 6.07) is 12.0. The summed E-state index contributed by atoms with van der Waals surface area (Å²) < 4.78 is 0. The van der Waals surface area contributed by atoms with Gasteiger partial charge in [-0.25, -0.2) is 9.97 Å². The van der Waals surface area contributed by atoms with Gasteiger partial charge >= 0.3 is 0 Å². The van der Waals surface area contributed by atoms with Gasteiger partial charge < -0.3 is 10.4 Å². The zero-order chi connectivity index (χ0) is 22.9. The molecular weight excluding hydrogens is 450 g/mol. The molecule has 2 aromatic heterocycles. The monoisotopic (exact) mass is 475 g/mol. The molecule has 1 aliphatic rings. The van der Waals surface area contributed by atoms with Crippen LogP contribution in [0.25, 0.3) is 21.3 Å². The summed E-state index contributed by atoms with van der Waals surface area (Å²) in [6.45, 7) is 4.05. The van der Waals surface area contributed by atoms with Crippen molar-refractivity contribution in [2.75, 3.05) is 11.1 Å². The summed E-state index contributed by atoms with van der Waals surface area (Å²) in [4.78, 5) is 23.8. The summed E-state index contributed by atoms with van der Waals surface area (Å²) >= 11 is 3.07. The summed E-state index contributed by atoms with van der Waals surface area (Å²) in [6.07, 6.45) is 6.38. The molecule has 1 amide bonds. The number of carbonyl (C=O) groups is 1. The molecule has 0 saturated carbocycles. The Morgan fingerprint density at radius 3 is 2.76 bits per heavy atom. The number of thioether (sulfide) groups is 1. The minimum Gasteiger partial charge on any atom is -0.506 e. The summed E-state index contributed by atoms with van der Waals surface area (Å²) in [7, 11) is 0. The van der Waals surface area contributed by atoms with Crippen LogP contribution < -0.4 is 5.32 Å². The number of anilines is 1. The van der Waals surface area contributed by atoms with Crippen LogP contribution in [0.1, 0.15) is 34.4 Å². The highest BCUT2D eigenvalue weighted by Gasteiger charge is 2.19. The molecule has 5 rings (SSSR count). The average molecular weight is 476 g/mol. The second kappa shape index (κ2) is 9.15. The second-order valence-corrected chi connectivity index (χ2v) is 10.6. The van der Waals surface area contributed by atoms with E-state index in [1.807, 2.05) is 6.92 Å². The van der Waals surface area contributed by atoms with Gasteiger partial charge in [-0.05, 0) is 73.9 Å². The third kappa shape index (κ3) is 4.48. The van der Waals surface area contributed by atoms with E-state index in [-0.39, 0.29) is 17.4 Å². The Kier molecular flexibility index (Phi) is 6.08. The van der Waals surface area contributed by atoms with Crippen molar-refractivity contribution in [3.8, 4) is 16.9 Å². The number of fused-ring (bicyclic) bond motifs is 2. The predicted octanol–water partition coefficient (Wildman–Crippen LogP) is 6.29. The summed E-state index contributed by atoms with van der Waals surface area (Å²) in [5.74, 6) is 0.0688. The molecule has 2 N–H and O–H groups in total. The molecule has 0 unspecified atom stereocenters. The Morgan fingerprint density at radius 2 is 1.91 bits per heavy atom. The number of amides is 1. The highest BCUT2D eigenvalue weighted by molar-refractivity contribution is 8.00. The first-order valence-corrected chi connectivity index (χ1v) is 12.9. The normalized spacial score (nSPS) is 13.2. The fraction of sp³-hybridized carbons (Fsp3) is 0.269. The number of aromatic nitrogens is 2. The van der Waals surface area contributed by atoms with Crippen LogP contribution in [-0.4, -0.2) is 26.7 Å². The number of benzene rings is 2. The molecular formula is C26H25N3O2S2. The zero-order valence-electron chi connectivity index (χ0n) is 18.6. The van der Waals surface area contributed by atoms with Gasteiger partial charge in [0.15, 0.2) is 0 Å². The van der Waals surface area contributed by atoms with E-state index in [4.69, 9.17) is 0 Å². The van der Waals surface area contributed by atoms with Gasteiger partial charge in [-0.1, -0.05) is 36.0 Å². The molecule has 168 valence electrons.